The quantitative estimate of drug-likeness (QED) is 0.905. The number of hydrogen-bond acceptors (Lipinski definition) is 5. The summed E-state index contributed by atoms with van der Waals surface area (Å²) in [5.74, 6) is 0.0389. The van der Waals surface area contributed by atoms with Crippen molar-refractivity contribution >= 4 is 5.97 Å². The summed E-state index contributed by atoms with van der Waals surface area (Å²) in [6.07, 6.45) is 2.68. The van der Waals surface area contributed by atoms with E-state index in [1.807, 2.05) is 13.0 Å². The van der Waals surface area contributed by atoms with Crippen LogP contribution >= 0.6 is 0 Å². The highest BCUT2D eigenvalue weighted by atomic mass is 16.5. The molecule has 1 heterocycles. The zero-order valence-corrected chi connectivity index (χ0v) is 11.4. The van der Waals surface area contributed by atoms with Crippen molar-refractivity contribution in [3.63, 3.8) is 0 Å². The van der Waals surface area contributed by atoms with Gasteiger partial charge in [0.2, 0.25) is 0 Å². The Balaban J connectivity index is 2.11. The van der Waals surface area contributed by atoms with Crippen LogP contribution in [0.5, 0.6) is 5.75 Å². The molecule has 0 amide bonds. The lowest BCUT2D eigenvalue weighted by atomic mass is 10.2. The Morgan fingerprint density at radius 3 is 2.48 bits per heavy atom. The molecule has 21 heavy (non-hydrogen) atoms. The van der Waals surface area contributed by atoms with Crippen LogP contribution in [0.25, 0.3) is 11.4 Å². The molecule has 2 aromatic rings. The second kappa shape index (κ2) is 6.48. The van der Waals surface area contributed by atoms with E-state index in [2.05, 4.69) is 9.97 Å². The second-order valence-electron chi connectivity index (χ2n) is 4.42. The number of aromatic nitrogens is 2. The molecule has 1 N–H and O–H groups in total. The molecule has 1 aromatic heterocycles. The van der Waals surface area contributed by atoms with Crippen LogP contribution in [0.2, 0.25) is 0 Å². The highest BCUT2D eigenvalue weighted by Crippen LogP contribution is 2.20. The van der Waals surface area contributed by atoms with Crippen LogP contribution in [0.3, 0.4) is 0 Å². The predicted octanol–water partition coefficient (Wildman–Crippen LogP) is 2.52. The topological polar surface area (TPSA) is 96.1 Å². The number of rotatable bonds is 5. The van der Waals surface area contributed by atoms with Gasteiger partial charge >= 0.3 is 5.97 Å². The molecule has 6 nitrogen and oxygen atoms in total. The summed E-state index contributed by atoms with van der Waals surface area (Å²) in [4.78, 5) is 18.8. The number of hydrogen-bond donors (Lipinski definition) is 1. The van der Waals surface area contributed by atoms with E-state index in [-0.39, 0.29) is 11.7 Å². The Morgan fingerprint density at radius 1 is 1.33 bits per heavy atom. The molecule has 0 aliphatic carbocycles. The first kappa shape index (κ1) is 14.5. The van der Waals surface area contributed by atoms with Crippen LogP contribution in [-0.2, 0) is 0 Å². The third-order valence-electron chi connectivity index (χ3n) is 2.73. The third kappa shape index (κ3) is 3.76. The summed E-state index contributed by atoms with van der Waals surface area (Å²) in [5, 5.41) is 17.4. The molecular formula is C15H13N3O3. The molecule has 0 aliphatic heterocycles. The molecule has 2 rings (SSSR count). The molecule has 1 aromatic carbocycles. The van der Waals surface area contributed by atoms with Crippen LogP contribution in [0.1, 0.15) is 23.7 Å². The number of nitriles is 1. The zero-order chi connectivity index (χ0) is 15.2. The van der Waals surface area contributed by atoms with Crippen molar-refractivity contribution in [1.29, 1.82) is 5.26 Å². The summed E-state index contributed by atoms with van der Waals surface area (Å²) < 4.78 is 5.56. The Morgan fingerprint density at radius 2 is 1.95 bits per heavy atom. The fourth-order valence-corrected chi connectivity index (χ4v) is 1.67. The lowest BCUT2D eigenvalue weighted by molar-refractivity contribution is 0.0696. The summed E-state index contributed by atoms with van der Waals surface area (Å²) in [7, 11) is 0. The first-order chi connectivity index (χ1) is 10.1. The van der Waals surface area contributed by atoms with Crippen molar-refractivity contribution in [3.8, 4) is 23.2 Å². The van der Waals surface area contributed by atoms with E-state index in [0.29, 0.717) is 18.0 Å². The van der Waals surface area contributed by atoms with Crippen molar-refractivity contribution in [2.75, 3.05) is 0 Å². The van der Waals surface area contributed by atoms with Gasteiger partial charge in [-0.2, -0.15) is 5.26 Å². The molecule has 0 radical (unpaired) electrons. The summed E-state index contributed by atoms with van der Waals surface area (Å²) in [6, 6.07) is 9.13. The average molecular weight is 283 g/mol. The van der Waals surface area contributed by atoms with E-state index < -0.39 is 5.97 Å². The first-order valence-electron chi connectivity index (χ1n) is 6.29. The zero-order valence-electron chi connectivity index (χ0n) is 11.4. The van der Waals surface area contributed by atoms with Gasteiger partial charge in [0, 0.05) is 18.0 Å². The molecule has 0 fully saturated rings. The maximum absolute atomic E-state index is 10.7. The number of nitrogens with zero attached hydrogens (tertiary/aromatic N) is 3. The van der Waals surface area contributed by atoms with Crippen molar-refractivity contribution < 1.29 is 14.6 Å². The van der Waals surface area contributed by atoms with Crippen LogP contribution in [-0.4, -0.2) is 27.1 Å². The van der Waals surface area contributed by atoms with Gasteiger partial charge in [0.05, 0.1) is 18.1 Å². The van der Waals surface area contributed by atoms with Gasteiger partial charge in [-0.25, -0.2) is 14.8 Å². The number of benzene rings is 1. The Kier molecular flexibility index (Phi) is 4.46. The summed E-state index contributed by atoms with van der Waals surface area (Å²) in [6.45, 7) is 1.82. The lowest BCUT2D eigenvalue weighted by Crippen LogP contribution is -2.10. The molecule has 0 aliphatic rings. The minimum Gasteiger partial charge on any atom is -0.490 e. The van der Waals surface area contributed by atoms with Crippen LogP contribution in [0, 0.1) is 11.3 Å². The molecule has 106 valence electrons. The fourth-order valence-electron chi connectivity index (χ4n) is 1.67. The molecule has 1 atom stereocenters. The number of ether oxygens (including phenoxy) is 1. The molecule has 6 heteroatoms. The van der Waals surface area contributed by atoms with Gasteiger partial charge in [0.25, 0.3) is 0 Å². The van der Waals surface area contributed by atoms with Crippen molar-refractivity contribution in [2.24, 2.45) is 0 Å². The average Bonchev–Trinajstić information content (AvgIpc) is 2.48. The summed E-state index contributed by atoms with van der Waals surface area (Å²) in [5.41, 5.74) is 0.802. The van der Waals surface area contributed by atoms with Crippen LogP contribution in [0.15, 0.2) is 36.7 Å². The van der Waals surface area contributed by atoms with Gasteiger partial charge in [0.15, 0.2) is 5.82 Å². The molecular weight excluding hydrogens is 270 g/mol. The fraction of sp³-hybridized carbons (Fsp3) is 0.200. The van der Waals surface area contributed by atoms with Crippen molar-refractivity contribution in [3.05, 3.63) is 42.2 Å². The monoisotopic (exact) mass is 283 g/mol. The van der Waals surface area contributed by atoms with Gasteiger partial charge in [-0.1, -0.05) is 0 Å². The largest absolute Gasteiger partial charge is 0.490 e. The standard InChI is InChI=1S/C15H13N3O3/c1-10(6-7-16)21-13-4-2-11(3-5-13)14-17-8-12(9-18-14)15(19)20/h2-5,8-10H,6H2,1H3,(H,19,20). The summed E-state index contributed by atoms with van der Waals surface area (Å²) >= 11 is 0. The second-order valence-corrected chi connectivity index (χ2v) is 4.42. The number of carboxylic acid groups (broad SMARTS) is 1. The van der Waals surface area contributed by atoms with E-state index >= 15 is 0 Å². The maximum atomic E-state index is 10.7. The van der Waals surface area contributed by atoms with E-state index in [4.69, 9.17) is 15.1 Å². The van der Waals surface area contributed by atoms with E-state index in [1.54, 1.807) is 24.3 Å². The van der Waals surface area contributed by atoms with E-state index in [9.17, 15) is 4.79 Å². The van der Waals surface area contributed by atoms with Gasteiger partial charge in [0.1, 0.15) is 11.9 Å². The molecule has 1 unspecified atom stereocenters. The van der Waals surface area contributed by atoms with Gasteiger partial charge in [-0.3, -0.25) is 0 Å². The molecule has 0 saturated carbocycles. The minimum atomic E-state index is -1.06. The van der Waals surface area contributed by atoms with Crippen LogP contribution < -0.4 is 4.74 Å². The Hall–Kier alpha value is -2.94. The first-order valence-corrected chi connectivity index (χ1v) is 6.29. The number of carboxylic acids is 1. The highest BCUT2D eigenvalue weighted by Gasteiger charge is 2.07. The lowest BCUT2D eigenvalue weighted by Gasteiger charge is -2.11. The predicted molar refractivity (Wildman–Crippen MR) is 74.7 cm³/mol. The maximum Gasteiger partial charge on any atom is 0.338 e. The smallest absolute Gasteiger partial charge is 0.338 e. The Bertz CT molecular complexity index is 660. The van der Waals surface area contributed by atoms with Crippen molar-refractivity contribution in [1.82, 2.24) is 9.97 Å². The number of aromatic carboxylic acids is 1. The van der Waals surface area contributed by atoms with Gasteiger partial charge in [-0.15, -0.1) is 0 Å². The minimum absolute atomic E-state index is 0.0454. The normalized spacial score (nSPS) is 11.4. The van der Waals surface area contributed by atoms with Crippen LogP contribution in [0.4, 0.5) is 0 Å². The molecule has 0 saturated heterocycles. The molecule has 0 bridgehead atoms. The highest BCUT2D eigenvalue weighted by molar-refractivity contribution is 5.86. The van der Waals surface area contributed by atoms with E-state index in [1.165, 1.54) is 12.4 Å². The Labute approximate surface area is 121 Å². The van der Waals surface area contributed by atoms with Gasteiger partial charge < -0.3 is 9.84 Å². The van der Waals surface area contributed by atoms with Gasteiger partial charge in [-0.05, 0) is 31.2 Å². The SMILES string of the molecule is CC(CC#N)Oc1ccc(-c2ncc(C(=O)O)cn2)cc1. The third-order valence-corrected chi connectivity index (χ3v) is 2.73. The van der Waals surface area contributed by atoms with E-state index in [0.717, 1.165) is 5.56 Å². The number of carbonyl (C=O) groups is 1. The van der Waals surface area contributed by atoms with Crippen molar-refractivity contribution in [2.45, 2.75) is 19.4 Å². The molecule has 0 spiro atoms.